The van der Waals surface area contributed by atoms with E-state index in [0.717, 1.165) is 0 Å². The van der Waals surface area contributed by atoms with E-state index in [1.54, 1.807) is 0 Å². The predicted molar refractivity (Wildman–Crippen MR) is 44.0 cm³/mol. The van der Waals surface area contributed by atoms with Crippen molar-refractivity contribution in [3.63, 3.8) is 0 Å². The Morgan fingerprint density at radius 3 is 2.55 bits per heavy atom. The second-order valence-electron chi connectivity index (χ2n) is 3.27. The lowest BCUT2D eigenvalue weighted by Gasteiger charge is -2.15. The maximum atomic E-state index is 10.6. The van der Waals surface area contributed by atoms with Crippen LogP contribution in [0.3, 0.4) is 0 Å². The lowest BCUT2D eigenvalue weighted by molar-refractivity contribution is -0.119. The average molecular weight is 156 g/mol. The fourth-order valence-electron chi connectivity index (χ4n) is 1.53. The highest BCUT2D eigenvalue weighted by atomic mass is 16.1. The molecule has 1 aliphatic rings. The Hall–Kier alpha value is -0.570. The van der Waals surface area contributed by atoms with Crippen molar-refractivity contribution in [1.82, 2.24) is 5.32 Å². The van der Waals surface area contributed by atoms with Crippen LogP contribution in [0.2, 0.25) is 0 Å². The minimum absolute atomic E-state index is 0.168. The largest absolute Gasteiger partial charge is 0.368 e. The Bertz CT molecular complexity index is 141. The molecule has 0 heterocycles. The third-order valence-electron chi connectivity index (χ3n) is 2.27. The molecule has 0 aromatic rings. The Labute approximate surface area is 67.3 Å². The number of nitrogens with two attached hydrogens (primary N) is 1. The van der Waals surface area contributed by atoms with E-state index in [1.165, 1.54) is 25.7 Å². The zero-order chi connectivity index (χ0) is 8.27. The zero-order valence-electron chi connectivity index (χ0n) is 6.97. The predicted octanol–water partition coefficient (Wildman–Crippen LogP) is 0.392. The van der Waals surface area contributed by atoms with E-state index in [1.807, 2.05) is 6.92 Å². The summed E-state index contributed by atoms with van der Waals surface area (Å²) in [5.41, 5.74) is 5.11. The summed E-state index contributed by atoms with van der Waals surface area (Å²) in [6.07, 6.45) is 4.95. The van der Waals surface area contributed by atoms with Crippen molar-refractivity contribution in [2.24, 2.45) is 5.73 Å². The zero-order valence-corrected chi connectivity index (χ0v) is 6.97. The van der Waals surface area contributed by atoms with E-state index in [9.17, 15) is 4.79 Å². The molecule has 0 unspecified atom stereocenters. The third-order valence-corrected chi connectivity index (χ3v) is 2.27. The molecule has 64 valence electrons. The summed E-state index contributed by atoms with van der Waals surface area (Å²) in [5, 5.41) is 3.20. The van der Waals surface area contributed by atoms with Crippen LogP contribution in [0.4, 0.5) is 0 Å². The molecular weight excluding hydrogens is 140 g/mol. The minimum atomic E-state index is -0.253. The van der Waals surface area contributed by atoms with Gasteiger partial charge in [-0.15, -0.1) is 0 Å². The molecule has 0 spiro atoms. The summed E-state index contributed by atoms with van der Waals surface area (Å²) < 4.78 is 0. The number of amides is 1. The summed E-state index contributed by atoms with van der Waals surface area (Å²) in [7, 11) is 0. The first kappa shape index (κ1) is 8.53. The smallest absolute Gasteiger partial charge is 0.234 e. The second kappa shape index (κ2) is 3.72. The van der Waals surface area contributed by atoms with Gasteiger partial charge in [-0.25, -0.2) is 0 Å². The molecule has 0 radical (unpaired) electrons. The van der Waals surface area contributed by atoms with Gasteiger partial charge in [0.05, 0.1) is 6.04 Å². The fourth-order valence-corrected chi connectivity index (χ4v) is 1.53. The molecule has 1 aliphatic carbocycles. The van der Waals surface area contributed by atoms with Crippen molar-refractivity contribution >= 4 is 5.91 Å². The summed E-state index contributed by atoms with van der Waals surface area (Å²) >= 11 is 0. The minimum Gasteiger partial charge on any atom is -0.368 e. The summed E-state index contributed by atoms with van der Waals surface area (Å²) in [4.78, 5) is 10.6. The van der Waals surface area contributed by atoms with Crippen molar-refractivity contribution in [2.75, 3.05) is 0 Å². The molecule has 0 aromatic carbocycles. The molecule has 1 saturated carbocycles. The van der Waals surface area contributed by atoms with Crippen LogP contribution in [0.1, 0.15) is 32.6 Å². The fraction of sp³-hybridized carbons (Fsp3) is 0.875. The Balaban J connectivity index is 2.23. The van der Waals surface area contributed by atoms with Gasteiger partial charge in [0, 0.05) is 6.04 Å². The number of carbonyl (C=O) groups excluding carboxylic acids is 1. The van der Waals surface area contributed by atoms with Crippen LogP contribution in [0, 0.1) is 0 Å². The van der Waals surface area contributed by atoms with Crippen LogP contribution in [0.5, 0.6) is 0 Å². The maximum absolute atomic E-state index is 10.6. The standard InChI is InChI=1S/C8H16N2O/c1-6(8(9)11)10-7-4-2-3-5-7/h6-7,10H,2-5H2,1H3,(H2,9,11)/t6-/m1/s1. The Kier molecular flexibility index (Phi) is 2.88. The van der Waals surface area contributed by atoms with Gasteiger partial charge in [-0.3, -0.25) is 4.79 Å². The van der Waals surface area contributed by atoms with Crippen molar-refractivity contribution in [3.05, 3.63) is 0 Å². The van der Waals surface area contributed by atoms with Gasteiger partial charge in [-0.2, -0.15) is 0 Å². The topological polar surface area (TPSA) is 55.1 Å². The quantitative estimate of drug-likeness (QED) is 0.621. The van der Waals surface area contributed by atoms with Crippen molar-refractivity contribution < 1.29 is 4.79 Å². The maximum Gasteiger partial charge on any atom is 0.234 e. The molecule has 1 rings (SSSR count). The molecule has 0 aliphatic heterocycles. The van der Waals surface area contributed by atoms with Crippen molar-refractivity contribution in [1.29, 1.82) is 0 Å². The van der Waals surface area contributed by atoms with Crippen molar-refractivity contribution in [3.8, 4) is 0 Å². The van der Waals surface area contributed by atoms with E-state index < -0.39 is 0 Å². The lowest BCUT2D eigenvalue weighted by Crippen LogP contribution is -2.43. The first-order valence-corrected chi connectivity index (χ1v) is 4.25. The number of primary amides is 1. The first-order chi connectivity index (χ1) is 5.20. The molecule has 1 atom stereocenters. The molecule has 1 amide bonds. The number of carbonyl (C=O) groups is 1. The average Bonchev–Trinajstić information content (AvgIpc) is 2.39. The summed E-state index contributed by atoms with van der Waals surface area (Å²) in [6, 6.07) is 0.357. The molecule has 3 nitrogen and oxygen atoms in total. The normalized spacial score (nSPS) is 21.9. The highest BCUT2D eigenvalue weighted by molar-refractivity contribution is 5.79. The van der Waals surface area contributed by atoms with Gasteiger partial charge in [0.2, 0.25) is 5.91 Å². The van der Waals surface area contributed by atoms with Gasteiger partial charge in [0.25, 0.3) is 0 Å². The van der Waals surface area contributed by atoms with Crippen LogP contribution in [-0.2, 0) is 4.79 Å². The van der Waals surface area contributed by atoms with E-state index in [2.05, 4.69) is 5.32 Å². The molecular formula is C8H16N2O. The highest BCUT2D eigenvalue weighted by Crippen LogP contribution is 2.17. The molecule has 0 bridgehead atoms. The Morgan fingerprint density at radius 2 is 2.09 bits per heavy atom. The van der Waals surface area contributed by atoms with Gasteiger partial charge in [0.15, 0.2) is 0 Å². The van der Waals surface area contributed by atoms with Gasteiger partial charge >= 0.3 is 0 Å². The van der Waals surface area contributed by atoms with Crippen LogP contribution < -0.4 is 11.1 Å². The summed E-state index contributed by atoms with van der Waals surface area (Å²) in [6.45, 7) is 1.82. The number of hydrogen-bond donors (Lipinski definition) is 2. The van der Waals surface area contributed by atoms with Crippen LogP contribution in [-0.4, -0.2) is 18.0 Å². The van der Waals surface area contributed by atoms with E-state index in [4.69, 9.17) is 5.73 Å². The van der Waals surface area contributed by atoms with Crippen LogP contribution in [0.15, 0.2) is 0 Å². The molecule has 1 fully saturated rings. The molecule has 0 aromatic heterocycles. The van der Waals surface area contributed by atoms with Crippen LogP contribution >= 0.6 is 0 Å². The molecule has 0 saturated heterocycles. The Morgan fingerprint density at radius 1 is 1.55 bits per heavy atom. The first-order valence-electron chi connectivity index (χ1n) is 4.25. The number of hydrogen-bond acceptors (Lipinski definition) is 2. The highest BCUT2D eigenvalue weighted by Gasteiger charge is 2.18. The molecule has 3 N–H and O–H groups in total. The van der Waals surface area contributed by atoms with Gasteiger partial charge in [-0.1, -0.05) is 12.8 Å². The molecule has 11 heavy (non-hydrogen) atoms. The number of nitrogens with one attached hydrogen (secondary N) is 1. The van der Waals surface area contributed by atoms with Crippen LogP contribution in [0.25, 0.3) is 0 Å². The monoisotopic (exact) mass is 156 g/mol. The summed E-state index contributed by atoms with van der Waals surface area (Å²) in [5.74, 6) is -0.253. The number of rotatable bonds is 3. The van der Waals surface area contributed by atoms with Gasteiger partial charge in [0.1, 0.15) is 0 Å². The lowest BCUT2D eigenvalue weighted by atomic mass is 10.2. The SMILES string of the molecule is C[C@@H](NC1CCCC1)C(N)=O. The van der Waals surface area contributed by atoms with Gasteiger partial charge in [-0.05, 0) is 19.8 Å². The van der Waals surface area contributed by atoms with Gasteiger partial charge < -0.3 is 11.1 Å². The van der Waals surface area contributed by atoms with E-state index >= 15 is 0 Å². The third kappa shape index (κ3) is 2.50. The van der Waals surface area contributed by atoms with E-state index in [0.29, 0.717) is 6.04 Å². The van der Waals surface area contributed by atoms with Crippen molar-refractivity contribution in [2.45, 2.75) is 44.7 Å². The van der Waals surface area contributed by atoms with E-state index in [-0.39, 0.29) is 11.9 Å². The molecule has 3 heteroatoms. The second-order valence-corrected chi connectivity index (χ2v) is 3.27.